The largest absolute Gasteiger partial charge is 0.481 e. The minimum absolute atomic E-state index is 0.0503. The minimum Gasteiger partial charge on any atom is -0.481 e. The van der Waals surface area contributed by atoms with Gasteiger partial charge in [0.1, 0.15) is 0 Å². The van der Waals surface area contributed by atoms with Gasteiger partial charge in [0.15, 0.2) is 0 Å². The molecule has 1 aliphatic heterocycles. The van der Waals surface area contributed by atoms with Gasteiger partial charge in [-0.05, 0) is 59.8 Å². The molecule has 4 nitrogen and oxygen atoms in total. The quantitative estimate of drug-likeness (QED) is 0.910. The van der Waals surface area contributed by atoms with Gasteiger partial charge in [0.2, 0.25) is 0 Å². The maximum atomic E-state index is 11.4. The second kappa shape index (κ2) is 7.23. The fourth-order valence-corrected chi connectivity index (χ4v) is 3.93. The molecule has 1 N–H and O–H groups in total. The fourth-order valence-electron chi connectivity index (χ4n) is 3.25. The lowest BCUT2D eigenvalue weighted by atomic mass is 9.94. The minimum atomic E-state index is -0.687. The first-order valence-electron chi connectivity index (χ1n) is 8.12. The number of hydrogen-bond acceptors (Lipinski definition) is 4. The third-order valence-electron chi connectivity index (χ3n) is 4.56. The van der Waals surface area contributed by atoms with E-state index in [9.17, 15) is 9.90 Å². The van der Waals surface area contributed by atoms with Gasteiger partial charge in [-0.15, -0.1) is 0 Å². The molecule has 23 heavy (non-hydrogen) atoms. The SMILES string of the molecule is CCc1ccc(C(c2ccsc2)N2CCCC(C(=O)O)C2)nc1. The van der Waals surface area contributed by atoms with Crippen LogP contribution in [0.2, 0.25) is 0 Å². The molecule has 3 heterocycles. The number of rotatable bonds is 5. The van der Waals surface area contributed by atoms with Crippen LogP contribution in [0.4, 0.5) is 0 Å². The Hall–Kier alpha value is -1.72. The number of nitrogens with zero attached hydrogens (tertiary/aromatic N) is 2. The van der Waals surface area contributed by atoms with E-state index in [1.54, 1.807) is 11.3 Å². The van der Waals surface area contributed by atoms with Crippen LogP contribution in [0.3, 0.4) is 0 Å². The maximum absolute atomic E-state index is 11.4. The van der Waals surface area contributed by atoms with Crippen LogP contribution in [-0.2, 0) is 11.2 Å². The first-order valence-corrected chi connectivity index (χ1v) is 9.07. The van der Waals surface area contributed by atoms with E-state index < -0.39 is 5.97 Å². The highest BCUT2D eigenvalue weighted by Crippen LogP contribution is 2.32. The molecule has 0 aliphatic carbocycles. The highest BCUT2D eigenvalue weighted by molar-refractivity contribution is 7.08. The van der Waals surface area contributed by atoms with Crippen LogP contribution in [0.15, 0.2) is 35.2 Å². The van der Waals surface area contributed by atoms with E-state index in [0.717, 1.165) is 31.5 Å². The topological polar surface area (TPSA) is 53.4 Å². The van der Waals surface area contributed by atoms with Crippen molar-refractivity contribution >= 4 is 17.3 Å². The molecule has 3 rings (SSSR count). The molecule has 0 radical (unpaired) electrons. The Morgan fingerprint density at radius 2 is 2.35 bits per heavy atom. The van der Waals surface area contributed by atoms with Gasteiger partial charge in [0.25, 0.3) is 0 Å². The van der Waals surface area contributed by atoms with Gasteiger partial charge in [-0.3, -0.25) is 14.7 Å². The zero-order valence-corrected chi connectivity index (χ0v) is 14.1. The van der Waals surface area contributed by atoms with Gasteiger partial charge >= 0.3 is 5.97 Å². The maximum Gasteiger partial charge on any atom is 0.307 e. The molecule has 0 spiro atoms. The number of thiophene rings is 1. The van der Waals surface area contributed by atoms with Crippen molar-refractivity contribution in [2.24, 2.45) is 5.92 Å². The Bertz CT molecular complexity index is 640. The molecule has 1 aliphatic rings. The van der Waals surface area contributed by atoms with Crippen LogP contribution in [0, 0.1) is 5.92 Å². The van der Waals surface area contributed by atoms with Gasteiger partial charge in [-0.1, -0.05) is 13.0 Å². The van der Waals surface area contributed by atoms with Gasteiger partial charge in [0.05, 0.1) is 17.7 Å². The number of carboxylic acids is 1. The van der Waals surface area contributed by atoms with E-state index in [4.69, 9.17) is 0 Å². The zero-order chi connectivity index (χ0) is 16.2. The summed E-state index contributed by atoms with van der Waals surface area (Å²) in [6.45, 7) is 3.63. The Morgan fingerprint density at radius 1 is 1.48 bits per heavy atom. The van der Waals surface area contributed by atoms with Crippen molar-refractivity contribution in [3.63, 3.8) is 0 Å². The predicted octanol–water partition coefficient (Wildman–Crippen LogP) is 3.59. The molecule has 2 atom stereocenters. The number of likely N-dealkylation sites (tertiary alicyclic amines) is 1. The number of aliphatic carboxylic acids is 1. The average Bonchev–Trinajstić information content (AvgIpc) is 3.10. The Kier molecular flexibility index (Phi) is 5.08. The second-order valence-corrected chi connectivity index (χ2v) is 6.86. The molecule has 2 unspecified atom stereocenters. The van der Waals surface area contributed by atoms with Crippen LogP contribution in [-0.4, -0.2) is 34.0 Å². The smallest absolute Gasteiger partial charge is 0.307 e. The first-order chi connectivity index (χ1) is 11.2. The lowest BCUT2D eigenvalue weighted by Crippen LogP contribution is -2.41. The number of carboxylic acid groups (broad SMARTS) is 1. The lowest BCUT2D eigenvalue weighted by molar-refractivity contribution is -0.143. The van der Waals surface area contributed by atoms with E-state index in [-0.39, 0.29) is 12.0 Å². The number of aromatic nitrogens is 1. The zero-order valence-electron chi connectivity index (χ0n) is 13.3. The summed E-state index contributed by atoms with van der Waals surface area (Å²) < 4.78 is 0. The second-order valence-electron chi connectivity index (χ2n) is 6.08. The van der Waals surface area contributed by atoms with Crippen LogP contribution < -0.4 is 0 Å². The Labute approximate surface area is 140 Å². The van der Waals surface area contributed by atoms with Crippen molar-refractivity contribution in [2.75, 3.05) is 13.1 Å². The molecule has 122 valence electrons. The fraction of sp³-hybridized carbons (Fsp3) is 0.444. The summed E-state index contributed by atoms with van der Waals surface area (Å²) in [4.78, 5) is 18.3. The summed E-state index contributed by atoms with van der Waals surface area (Å²) in [6, 6.07) is 6.38. The molecule has 2 aromatic heterocycles. The molecule has 0 aromatic carbocycles. The molecule has 1 saturated heterocycles. The van der Waals surface area contributed by atoms with Crippen LogP contribution in [0.1, 0.15) is 42.6 Å². The summed E-state index contributed by atoms with van der Waals surface area (Å²) in [5.41, 5.74) is 3.43. The van der Waals surface area contributed by atoms with Gasteiger partial charge in [-0.2, -0.15) is 11.3 Å². The van der Waals surface area contributed by atoms with Gasteiger partial charge in [-0.25, -0.2) is 0 Å². The molecule has 5 heteroatoms. The van der Waals surface area contributed by atoms with Crippen molar-refractivity contribution in [3.05, 3.63) is 52.0 Å². The van der Waals surface area contributed by atoms with E-state index in [1.165, 1.54) is 11.1 Å². The molecule has 0 amide bonds. The van der Waals surface area contributed by atoms with Crippen molar-refractivity contribution < 1.29 is 9.90 Å². The van der Waals surface area contributed by atoms with Crippen LogP contribution >= 0.6 is 11.3 Å². The number of pyridine rings is 1. The first kappa shape index (κ1) is 16.1. The van der Waals surface area contributed by atoms with E-state index in [0.29, 0.717) is 6.54 Å². The molecular formula is C18H22N2O2S. The lowest BCUT2D eigenvalue weighted by Gasteiger charge is -2.36. The number of piperidine rings is 1. The third kappa shape index (κ3) is 3.62. The molecule has 2 aromatic rings. The molecule has 1 fully saturated rings. The van der Waals surface area contributed by atoms with Gasteiger partial charge < -0.3 is 5.11 Å². The monoisotopic (exact) mass is 330 g/mol. The summed E-state index contributed by atoms with van der Waals surface area (Å²) >= 11 is 1.67. The number of hydrogen-bond donors (Lipinski definition) is 1. The Morgan fingerprint density at radius 3 is 2.96 bits per heavy atom. The predicted molar refractivity (Wildman–Crippen MR) is 91.7 cm³/mol. The third-order valence-corrected chi connectivity index (χ3v) is 5.26. The van der Waals surface area contributed by atoms with E-state index >= 15 is 0 Å². The summed E-state index contributed by atoms with van der Waals surface area (Å²) in [7, 11) is 0. The van der Waals surface area contributed by atoms with E-state index in [1.807, 2.05) is 6.20 Å². The normalized spacial score (nSPS) is 20.3. The van der Waals surface area contributed by atoms with Crippen molar-refractivity contribution in [1.82, 2.24) is 9.88 Å². The van der Waals surface area contributed by atoms with Crippen LogP contribution in [0.5, 0.6) is 0 Å². The average molecular weight is 330 g/mol. The van der Waals surface area contributed by atoms with Crippen LogP contribution in [0.25, 0.3) is 0 Å². The molecule has 0 bridgehead atoms. The number of carbonyl (C=O) groups is 1. The highest BCUT2D eigenvalue weighted by atomic mass is 32.1. The van der Waals surface area contributed by atoms with Crippen molar-refractivity contribution in [1.29, 1.82) is 0 Å². The summed E-state index contributed by atoms with van der Waals surface area (Å²) in [5.74, 6) is -0.965. The molecular weight excluding hydrogens is 308 g/mol. The Balaban J connectivity index is 1.90. The standard InChI is InChI=1S/C18H22N2O2S/c1-2-13-5-6-16(19-10-13)17(15-7-9-23-12-15)20-8-3-4-14(11-20)18(21)22/h5-7,9-10,12,14,17H,2-4,8,11H2,1H3,(H,21,22). The van der Waals surface area contributed by atoms with Crippen molar-refractivity contribution in [3.8, 4) is 0 Å². The summed E-state index contributed by atoms with van der Waals surface area (Å²) in [6.07, 6.45) is 4.60. The highest BCUT2D eigenvalue weighted by Gasteiger charge is 2.32. The summed E-state index contributed by atoms with van der Waals surface area (Å²) in [5, 5.41) is 13.6. The van der Waals surface area contributed by atoms with E-state index in [2.05, 4.69) is 45.8 Å². The molecule has 0 saturated carbocycles. The van der Waals surface area contributed by atoms with Gasteiger partial charge in [0, 0.05) is 12.7 Å². The van der Waals surface area contributed by atoms with Crippen molar-refractivity contribution in [2.45, 2.75) is 32.2 Å². The number of aryl methyl sites for hydroxylation is 1.